The van der Waals surface area contributed by atoms with Crippen LogP contribution in [0.15, 0.2) is 0 Å². The fraction of sp³-hybridized carbons (Fsp3) is 0.909. The summed E-state index contributed by atoms with van der Waals surface area (Å²) in [6.45, 7) is -2.28. The number of hydrogen-bond donors (Lipinski definition) is 1. The molecule has 0 aromatic carbocycles. The average Bonchev–Trinajstić information content (AvgIpc) is 3.15. The van der Waals surface area contributed by atoms with E-state index >= 15 is 0 Å². The van der Waals surface area contributed by atoms with Gasteiger partial charge in [0.25, 0.3) is 0 Å². The molecule has 76 valence electrons. The van der Waals surface area contributed by atoms with Gasteiger partial charge in [-0.2, -0.15) is 0 Å². The Morgan fingerprint density at radius 3 is 0.857 bits per heavy atom. The molecule has 10 rings (SSSR count). The van der Waals surface area contributed by atoms with Crippen molar-refractivity contribution in [3.05, 3.63) is 0 Å². The van der Waals surface area contributed by atoms with Crippen LogP contribution in [0.4, 0.5) is 0 Å². The van der Waals surface area contributed by atoms with Crippen LogP contribution in [-0.2, 0) is 11.3 Å². The molecule has 1 amide bonds. The zero-order valence-electron chi connectivity index (χ0n) is 7.69. The summed E-state index contributed by atoms with van der Waals surface area (Å²) in [5, 5.41) is 0. The van der Waals surface area contributed by atoms with E-state index in [9.17, 15) is 0 Å². The molecule has 0 saturated carbocycles. The number of fused-ring (bicyclic) bond motifs is 10. The van der Waals surface area contributed by atoms with Crippen LogP contribution in [0.5, 0.6) is 0 Å². The molecule has 0 atom stereocenters. The van der Waals surface area contributed by atoms with Crippen LogP contribution in [0.3, 0.4) is 0 Å². The molecule has 10 fully saturated rings. The Morgan fingerprint density at radius 1 is 0.714 bits per heavy atom. The fourth-order valence-corrected chi connectivity index (χ4v) is 88.0. The molecule has 14 heavy (non-hydrogen) atoms. The van der Waals surface area contributed by atoms with Crippen molar-refractivity contribution in [1.29, 1.82) is 0 Å². The van der Waals surface area contributed by atoms with E-state index in [0.717, 1.165) is 0 Å². The number of amides is 1. The monoisotopic (exact) mass is 231 g/mol. The molecule has 3 heteroatoms. The minimum atomic E-state index is -2.28. The number of rotatable bonds is 0. The van der Waals surface area contributed by atoms with E-state index in [4.69, 9.17) is 4.79 Å². The van der Waals surface area contributed by atoms with Crippen molar-refractivity contribution in [2.24, 2.45) is 5.73 Å². The molecule has 0 aromatic heterocycles. The van der Waals surface area contributed by atoms with Gasteiger partial charge in [-0.25, -0.2) is 0 Å². The van der Waals surface area contributed by atoms with Crippen molar-refractivity contribution >= 4 is 6.41 Å². The van der Waals surface area contributed by atoms with Gasteiger partial charge in [-0.1, -0.05) is 0 Å². The van der Waals surface area contributed by atoms with Crippen molar-refractivity contribution in [2.75, 3.05) is 0 Å². The van der Waals surface area contributed by atoms with E-state index in [2.05, 4.69) is 5.73 Å². The molecule has 2 N–H and O–H groups in total. The fourth-order valence-electron chi connectivity index (χ4n) is 15.8. The number of hydrogen-bond acceptors (Lipinski definition) is 1. The van der Waals surface area contributed by atoms with E-state index in [1.165, 1.54) is 0 Å². The molecule has 0 bridgehead atoms. The first-order valence-electron chi connectivity index (χ1n) is 5.94. The topological polar surface area (TPSA) is 43.1 Å². The summed E-state index contributed by atoms with van der Waals surface area (Å²) in [6, 6.07) is 0. The standard InChI is InChI=1S/2C5H5.CH3NO.Fe/c2*1-2-4-5-3-1;2-1-3;/h2*1-5H;1H,(H2,2,3);. The number of carbonyl (C=O) groups is 1. The quantitative estimate of drug-likeness (QED) is 0.505. The van der Waals surface area contributed by atoms with Crippen molar-refractivity contribution in [3.63, 3.8) is 0 Å². The zero-order valence-corrected chi connectivity index (χ0v) is 8.79. The van der Waals surface area contributed by atoms with Gasteiger partial charge in [0.2, 0.25) is 6.41 Å². The van der Waals surface area contributed by atoms with Gasteiger partial charge >= 0.3 is 54.7 Å². The van der Waals surface area contributed by atoms with Crippen molar-refractivity contribution in [2.45, 2.75) is 48.2 Å². The molecule has 0 unspecified atom stereocenters. The Hall–Kier alpha value is -0.0105. The van der Waals surface area contributed by atoms with Crippen LogP contribution in [0.1, 0.15) is 0 Å². The van der Waals surface area contributed by atoms with E-state index in [1.54, 1.807) is 48.2 Å². The van der Waals surface area contributed by atoms with Gasteiger partial charge in [0, 0.05) is 0 Å². The molecule has 2 nitrogen and oxygen atoms in total. The van der Waals surface area contributed by atoms with Gasteiger partial charge in [-0.3, -0.25) is 4.79 Å². The molecule has 0 aliphatic carbocycles. The van der Waals surface area contributed by atoms with Gasteiger partial charge in [0.1, 0.15) is 0 Å². The second-order valence-corrected chi connectivity index (χ2v) is 33.6. The van der Waals surface area contributed by atoms with Crippen molar-refractivity contribution < 1.29 is 11.3 Å². The average molecular weight is 231 g/mol. The van der Waals surface area contributed by atoms with Gasteiger partial charge in [-0.05, 0) is 0 Å². The molecular formula is C11H13FeNO. The Labute approximate surface area is 71.9 Å². The number of primary amides is 1. The normalized spacial score (nSPS) is 135. The summed E-state index contributed by atoms with van der Waals surface area (Å²) in [5.74, 6) is 0. The first kappa shape index (κ1) is 4.88. The molecular weight excluding hydrogens is 218 g/mol. The maximum absolute atomic E-state index is 8.58. The summed E-state index contributed by atoms with van der Waals surface area (Å²) in [7, 11) is 0. The third kappa shape index (κ3) is 0.0362. The van der Waals surface area contributed by atoms with Crippen LogP contribution in [0, 0.1) is 0 Å². The predicted molar refractivity (Wildman–Crippen MR) is 47.8 cm³/mol. The van der Waals surface area contributed by atoms with E-state index in [-0.39, 0.29) is 6.41 Å². The van der Waals surface area contributed by atoms with E-state index in [1.807, 2.05) is 0 Å². The summed E-state index contributed by atoms with van der Waals surface area (Å²) in [6.07, 6.45) is 0.250. The predicted octanol–water partition coefficient (Wildman–Crippen LogP) is 2.48. The van der Waals surface area contributed by atoms with Crippen molar-refractivity contribution in [1.82, 2.24) is 0 Å². The van der Waals surface area contributed by atoms with Crippen LogP contribution in [-0.4, -0.2) is 6.41 Å². The van der Waals surface area contributed by atoms with Crippen molar-refractivity contribution in [3.8, 4) is 0 Å². The van der Waals surface area contributed by atoms with Gasteiger partial charge in [0.15, 0.2) is 0 Å². The molecule has 1 spiro atoms. The molecule has 10 aliphatic rings. The summed E-state index contributed by atoms with van der Waals surface area (Å²) >= 11 is 0. The van der Waals surface area contributed by atoms with E-state index in [0.29, 0.717) is 0 Å². The zero-order chi connectivity index (χ0) is 8.80. The van der Waals surface area contributed by atoms with Crippen LogP contribution >= 0.6 is 0 Å². The Morgan fingerprint density at radius 2 is 0.857 bits per heavy atom. The second-order valence-electron chi connectivity index (χ2n) is 9.72. The maximum atomic E-state index is 8.58. The molecule has 10 aliphatic heterocycles. The van der Waals surface area contributed by atoms with E-state index < -0.39 is 6.51 Å². The Balaban J connectivity index is 0.000000151. The number of carbonyl (C=O) groups excluding carboxylic acids is 1. The molecule has 0 aromatic rings. The first-order valence-corrected chi connectivity index (χ1v) is 12.3. The summed E-state index contributed by atoms with van der Waals surface area (Å²) in [4.78, 5) is 24.5. The summed E-state index contributed by atoms with van der Waals surface area (Å²) in [5.41, 5.74) is 4.17. The summed E-state index contributed by atoms with van der Waals surface area (Å²) < 4.78 is 0. The third-order valence-corrected chi connectivity index (χ3v) is 56.5. The van der Waals surface area contributed by atoms with Gasteiger partial charge in [0.05, 0.1) is 0 Å². The van der Waals surface area contributed by atoms with Crippen LogP contribution < -0.4 is 5.73 Å². The minimum absolute atomic E-state index is 0.250. The van der Waals surface area contributed by atoms with Crippen LogP contribution in [0.25, 0.3) is 0 Å². The Bertz CT molecular complexity index is 627. The van der Waals surface area contributed by atoms with Gasteiger partial charge in [-0.15, -0.1) is 0 Å². The first-order chi connectivity index (χ1) is 6.57. The SMILES string of the molecule is NC=O.[CH]12[CH]3[CH]4[CH]5[CH]1[Fe]23451678[CH]2[CH]1[CH]6[CH]7[CH]28. The number of nitrogens with two attached hydrogens (primary N) is 1. The second kappa shape index (κ2) is 0.323. The van der Waals surface area contributed by atoms with Gasteiger partial charge < -0.3 is 5.73 Å². The molecule has 0 radical (unpaired) electrons. The Kier molecular flexibility index (Phi) is 0.113. The van der Waals surface area contributed by atoms with Crippen LogP contribution in [0.2, 0.25) is 48.2 Å². The third-order valence-electron chi connectivity index (χ3n) is 14.5. The molecule has 10 saturated heterocycles. The molecule has 10 heterocycles.